The fraction of sp³-hybridized carbons (Fsp3) is 0.923. The molecule has 2 atom stereocenters. The van der Waals surface area contributed by atoms with Crippen LogP contribution in [0.15, 0.2) is 0 Å². The predicted octanol–water partition coefficient (Wildman–Crippen LogP) is 1.91. The van der Waals surface area contributed by atoms with E-state index in [2.05, 4.69) is 0 Å². The first-order valence-electron chi connectivity index (χ1n) is 6.83. The minimum atomic E-state index is 0.105. The van der Waals surface area contributed by atoms with Gasteiger partial charge in [0.1, 0.15) is 0 Å². The third kappa shape index (κ3) is 2.76. The Morgan fingerprint density at radius 3 is 2.25 bits per heavy atom. The summed E-state index contributed by atoms with van der Waals surface area (Å²) in [7, 11) is 0. The largest absolute Gasteiger partial charge is 0.342 e. The van der Waals surface area contributed by atoms with E-state index in [-0.39, 0.29) is 12.0 Å². The van der Waals surface area contributed by atoms with Gasteiger partial charge in [-0.05, 0) is 25.7 Å². The molecule has 92 valence electrons. The van der Waals surface area contributed by atoms with Crippen LogP contribution in [-0.4, -0.2) is 29.9 Å². The molecule has 0 aromatic heterocycles. The molecule has 16 heavy (non-hydrogen) atoms. The van der Waals surface area contributed by atoms with E-state index in [1.54, 1.807) is 0 Å². The molecular weight excluding hydrogens is 200 g/mol. The van der Waals surface area contributed by atoms with Gasteiger partial charge in [0.15, 0.2) is 0 Å². The van der Waals surface area contributed by atoms with E-state index in [1.807, 2.05) is 4.90 Å². The Balaban J connectivity index is 1.95. The van der Waals surface area contributed by atoms with Crippen LogP contribution >= 0.6 is 0 Å². The highest BCUT2D eigenvalue weighted by molar-refractivity contribution is 5.79. The molecule has 0 bridgehead atoms. The maximum atomic E-state index is 12.3. The number of rotatable bonds is 1. The highest BCUT2D eigenvalue weighted by Crippen LogP contribution is 2.24. The van der Waals surface area contributed by atoms with Gasteiger partial charge in [0.25, 0.3) is 0 Å². The number of hydrogen-bond donors (Lipinski definition) is 1. The molecule has 2 fully saturated rings. The second-order valence-corrected chi connectivity index (χ2v) is 5.29. The zero-order valence-electron chi connectivity index (χ0n) is 10.2. The highest BCUT2D eigenvalue weighted by atomic mass is 16.2. The van der Waals surface area contributed by atoms with Crippen molar-refractivity contribution in [1.29, 1.82) is 0 Å². The fourth-order valence-electron chi connectivity index (χ4n) is 2.99. The molecule has 1 saturated carbocycles. The zero-order valence-corrected chi connectivity index (χ0v) is 10.2. The van der Waals surface area contributed by atoms with E-state index in [0.717, 1.165) is 25.9 Å². The van der Waals surface area contributed by atoms with Gasteiger partial charge < -0.3 is 10.6 Å². The lowest BCUT2D eigenvalue weighted by molar-refractivity contribution is -0.135. The quantitative estimate of drug-likeness (QED) is 0.739. The van der Waals surface area contributed by atoms with E-state index in [1.165, 1.54) is 38.5 Å². The van der Waals surface area contributed by atoms with Crippen LogP contribution in [-0.2, 0) is 4.79 Å². The van der Waals surface area contributed by atoms with E-state index >= 15 is 0 Å². The summed E-state index contributed by atoms with van der Waals surface area (Å²) in [6, 6.07) is 0.105. The first kappa shape index (κ1) is 11.9. The molecule has 1 heterocycles. The van der Waals surface area contributed by atoms with Crippen molar-refractivity contribution in [2.75, 3.05) is 13.1 Å². The van der Waals surface area contributed by atoms with E-state index < -0.39 is 0 Å². The Hall–Kier alpha value is -0.570. The van der Waals surface area contributed by atoms with E-state index in [9.17, 15) is 4.79 Å². The zero-order chi connectivity index (χ0) is 11.4. The SMILES string of the molecule is NC1CCCCCCC1C(=O)N1CCCC1. The highest BCUT2D eigenvalue weighted by Gasteiger charge is 2.30. The molecule has 2 aliphatic rings. The molecule has 0 spiro atoms. The molecule has 3 nitrogen and oxygen atoms in total. The van der Waals surface area contributed by atoms with Crippen LogP contribution in [0.3, 0.4) is 0 Å². The first-order valence-corrected chi connectivity index (χ1v) is 6.83. The second-order valence-electron chi connectivity index (χ2n) is 5.29. The van der Waals surface area contributed by atoms with Crippen molar-refractivity contribution < 1.29 is 4.79 Å². The summed E-state index contributed by atoms with van der Waals surface area (Å²) < 4.78 is 0. The smallest absolute Gasteiger partial charge is 0.227 e. The summed E-state index contributed by atoms with van der Waals surface area (Å²) in [5.74, 6) is 0.449. The fourth-order valence-corrected chi connectivity index (χ4v) is 2.99. The molecule has 1 aliphatic heterocycles. The number of nitrogens with two attached hydrogens (primary N) is 1. The number of carbonyl (C=O) groups is 1. The molecule has 2 unspecified atom stereocenters. The molecule has 0 radical (unpaired) electrons. The Morgan fingerprint density at radius 2 is 1.56 bits per heavy atom. The summed E-state index contributed by atoms with van der Waals surface area (Å²) in [6.45, 7) is 1.92. The van der Waals surface area contributed by atoms with Crippen LogP contribution in [0.25, 0.3) is 0 Å². The maximum absolute atomic E-state index is 12.3. The maximum Gasteiger partial charge on any atom is 0.227 e. The van der Waals surface area contributed by atoms with Crippen molar-refractivity contribution in [2.45, 2.75) is 57.4 Å². The van der Waals surface area contributed by atoms with Crippen molar-refractivity contribution in [3.8, 4) is 0 Å². The van der Waals surface area contributed by atoms with Gasteiger partial charge in [0.2, 0.25) is 5.91 Å². The number of hydrogen-bond acceptors (Lipinski definition) is 2. The van der Waals surface area contributed by atoms with Crippen LogP contribution in [0.5, 0.6) is 0 Å². The van der Waals surface area contributed by atoms with E-state index in [0.29, 0.717) is 5.91 Å². The third-order valence-electron chi connectivity index (χ3n) is 4.05. The van der Waals surface area contributed by atoms with Gasteiger partial charge in [-0.25, -0.2) is 0 Å². The Bertz CT molecular complexity index is 236. The number of carbonyl (C=O) groups excluding carboxylic acids is 1. The molecule has 2 N–H and O–H groups in total. The van der Waals surface area contributed by atoms with Crippen molar-refractivity contribution in [3.05, 3.63) is 0 Å². The molecule has 1 saturated heterocycles. The minimum absolute atomic E-state index is 0.105. The Kier molecular flexibility index (Phi) is 4.22. The average Bonchev–Trinajstić information content (AvgIpc) is 2.76. The Labute approximate surface area is 98.4 Å². The summed E-state index contributed by atoms with van der Waals surface area (Å²) in [6.07, 6.45) is 9.33. The summed E-state index contributed by atoms with van der Waals surface area (Å²) in [4.78, 5) is 14.4. The van der Waals surface area contributed by atoms with Gasteiger partial charge in [0.05, 0.1) is 5.92 Å². The average molecular weight is 224 g/mol. The van der Waals surface area contributed by atoms with Crippen molar-refractivity contribution in [1.82, 2.24) is 4.90 Å². The topological polar surface area (TPSA) is 46.3 Å². The molecule has 1 amide bonds. The summed E-state index contributed by atoms with van der Waals surface area (Å²) in [5, 5.41) is 0. The molecule has 0 aromatic carbocycles. The monoisotopic (exact) mass is 224 g/mol. The van der Waals surface area contributed by atoms with Crippen molar-refractivity contribution in [3.63, 3.8) is 0 Å². The second kappa shape index (κ2) is 5.67. The van der Waals surface area contributed by atoms with Crippen LogP contribution in [0, 0.1) is 5.92 Å². The molecular formula is C13H24N2O. The van der Waals surface area contributed by atoms with Crippen LogP contribution in [0.2, 0.25) is 0 Å². The van der Waals surface area contributed by atoms with Crippen LogP contribution in [0.4, 0.5) is 0 Å². The number of amides is 1. The molecule has 0 aromatic rings. The lowest BCUT2D eigenvalue weighted by Gasteiger charge is -2.29. The van der Waals surface area contributed by atoms with Crippen molar-refractivity contribution >= 4 is 5.91 Å². The van der Waals surface area contributed by atoms with Gasteiger partial charge >= 0.3 is 0 Å². The normalized spacial score (nSPS) is 32.2. The lowest BCUT2D eigenvalue weighted by Crippen LogP contribution is -2.43. The summed E-state index contributed by atoms with van der Waals surface area (Å²) >= 11 is 0. The lowest BCUT2D eigenvalue weighted by atomic mass is 9.86. The van der Waals surface area contributed by atoms with Gasteiger partial charge in [0, 0.05) is 19.1 Å². The van der Waals surface area contributed by atoms with Gasteiger partial charge in [-0.15, -0.1) is 0 Å². The number of likely N-dealkylation sites (tertiary alicyclic amines) is 1. The van der Waals surface area contributed by atoms with Gasteiger partial charge in [-0.1, -0.05) is 25.7 Å². The standard InChI is InChI=1S/C13H24N2O/c14-12-8-4-2-1-3-7-11(12)13(16)15-9-5-6-10-15/h11-12H,1-10,14H2. The molecule has 3 heteroatoms. The molecule has 1 aliphatic carbocycles. The first-order chi connectivity index (χ1) is 7.79. The number of nitrogens with zero attached hydrogens (tertiary/aromatic N) is 1. The Morgan fingerprint density at radius 1 is 0.938 bits per heavy atom. The third-order valence-corrected chi connectivity index (χ3v) is 4.05. The van der Waals surface area contributed by atoms with Gasteiger partial charge in [-0.2, -0.15) is 0 Å². The molecule has 2 rings (SSSR count). The van der Waals surface area contributed by atoms with Crippen LogP contribution in [0.1, 0.15) is 51.4 Å². The predicted molar refractivity (Wildman–Crippen MR) is 65.0 cm³/mol. The van der Waals surface area contributed by atoms with Gasteiger partial charge in [-0.3, -0.25) is 4.79 Å². The van der Waals surface area contributed by atoms with Crippen molar-refractivity contribution in [2.24, 2.45) is 11.7 Å². The van der Waals surface area contributed by atoms with Crippen LogP contribution < -0.4 is 5.73 Å². The van der Waals surface area contributed by atoms with E-state index in [4.69, 9.17) is 5.73 Å². The minimum Gasteiger partial charge on any atom is -0.342 e. The summed E-state index contributed by atoms with van der Waals surface area (Å²) in [5.41, 5.74) is 6.17.